The number of carboxylic acids is 1. The standard InChI is InChI=1S/C18H11BrClNO3/c19-12-5-1-11(2-6-12)15-9-14(10-3-7-13(20)8-4-10)16(18(23)24)17(22)21-15/h1-9H,(H,21,22)(H,23,24). The van der Waals surface area contributed by atoms with Crippen LogP contribution in [0.1, 0.15) is 10.4 Å². The van der Waals surface area contributed by atoms with Gasteiger partial charge >= 0.3 is 5.97 Å². The van der Waals surface area contributed by atoms with Crippen molar-refractivity contribution in [3.63, 3.8) is 0 Å². The van der Waals surface area contributed by atoms with E-state index in [0.717, 1.165) is 10.0 Å². The van der Waals surface area contributed by atoms with Crippen LogP contribution in [0.15, 0.2) is 63.9 Å². The van der Waals surface area contributed by atoms with Gasteiger partial charge in [-0.05, 0) is 41.5 Å². The number of carbonyl (C=O) groups is 1. The van der Waals surface area contributed by atoms with E-state index in [1.807, 2.05) is 24.3 Å². The van der Waals surface area contributed by atoms with Crippen molar-refractivity contribution in [3.05, 3.63) is 80.0 Å². The molecule has 3 rings (SSSR count). The first-order valence-electron chi connectivity index (χ1n) is 6.98. The molecule has 0 aliphatic rings. The lowest BCUT2D eigenvalue weighted by molar-refractivity contribution is 0.0696. The molecule has 4 nitrogen and oxygen atoms in total. The molecule has 0 saturated heterocycles. The molecule has 0 bridgehead atoms. The molecule has 0 saturated carbocycles. The summed E-state index contributed by atoms with van der Waals surface area (Å²) in [6.45, 7) is 0. The number of hydrogen-bond acceptors (Lipinski definition) is 2. The molecular formula is C18H11BrClNO3. The van der Waals surface area contributed by atoms with Gasteiger partial charge in [-0.15, -0.1) is 0 Å². The normalized spacial score (nSPS) is 10.6. The van der Waals surface area contributed by atoms with Crippen LogP contribution in [-0.2, 0) is 0 Å². The van der Waals surface area contributed by atoms with E-state index in [-0.39, 0.29) is 5.56 Å². The Labute approximate surface area is 150 Å². The molecule has 1 heterocycles. The number of aromatic amines is 1. The molecule has 0 fully saturated rings. The van der Waals surface area contributed by atoms with Gasteiger partial charge in [0.25, 0.3) is 5.56 Å². The summed E-state index contributed by atoms with van der Waals surface area (Å²) < 4.78 is 0.911. The molecule has 3 aromatic rings. The Hall–Kier alpha value is -2.37. The number of hydrogen-bond donors (Lipinski definition) is 2. The van der Waals surface area contributed by atoms with E-state index in [1.54, 1.807) is 30.3 Å². The van der Waals surface area contributed by atoms with Gasteiger partial charge in [-0.2, -0.15) is 0 Å². The molecule has 2 N–H and O–H groups in total. The largest absolute Gasteiger partial charge is 0.477 e. The third-order valence-electron chi connectivity index (χ3n) is 3.56. The van der Waals surface area contributed by atoms with Gasteiger partial charge in [-0.3, -0.25) is 4.79 Å². The lowest BCUT2D eigenvalue weighted by Gasteiger charge is -2.10. The minimum atomic E-state index is -1.27. The molecule has 24 heavy (non-hydrogen) atoms. The molecule has 0 aliphatic heterocycles. The van der Waals surface area contributed by atoms with Crippen LogP contribution in [0.2, 0.25) is 5.02 Å². The smallest absolute Gasteiger partial charge is 0.341 e. The number of aromatic carboxylic acids is 1. The Balaban J connectivity index is 2.25. The maximum Gasteiger partial charge on any atom is 0.341 e. The molecule has 0 amide bonds. The van der Waals surface area contributed by atoms with Crippen molar-refractivity contribution in [2.75, 3.05) is 0 Å². The zero-order valence-electron chi connectivity index (χ0n) is 12.2. The average molecular weight is 405 g/mol. The molecule has 120 valence electrons. The van der Waals surface area contributed by atoms with Crippen LogP contribution >= 0.6 is 27.5 Å². The van der Waals surface area contributed by atoms with E-state index >= 15 is 0 Å². The van der Waals surface area contributed by atoms with Gasteiger partial charge in [0.05, 0.1) is 0 Å². The third kappa shape index (κ3) is 3.27. The summed E-state index contributed by atoms with van der Waals surface area (Å²) in [6, 6.07) is 15.7. The predicted molar refractivity (Wildman–Crippen MR) is 97.6 cm³/mol. The van der Waals surface area contributed by atoms with E-state index in [9.17, 15) is 14.7 Å². The maximum atomic E-state index is 12.3. The fraction of sp³-hybridized carbons (Fsp3) is 0. The van der Waals surface area contributed by atoms with Gasteiger partial charge in [-0.1, -0.05) is 51.8 Å². The quantitative estimate of drug-likeness (QED) is 0.657. The monoisotopic (exact) mass is 403 g/mol. The van der Waals surface area contributed by atoms with E-state index in [1.165, 1.54) is 0 Å². The summed E-state index contributed by atoms with van der Waals surface area (Å²) in [5, 5.41) is 9.94. The van der Waals surface area contributed by atoms with Crippen molar-refractivity contribution in [2.24, 2.45) is 0 Å². The van der Waals surface area contributed by atoms with Crippen LogP contribution < -0.4 is 5.56 Å². The SMILES string of the molecule is O=C(O)c1c(-c2ccc(Cl)cc2)cc(-c2ccc(Br)cc2)[nH]c1=O. The van der Waals surface area contributed by atoms with Crippen LogP contribution in [-0.4, -0.2) is 16.1 Å². The number of halogens is 2. The van der Waals surface area contributed by atoms with Crippen LogP contribution in [0, 0.1) is 0 Å². The van der Waals surface area contributed by atoms with Crippen LogP contribution in [0.25, 0.3) is 22.4 Å². The first-order valence-corrected chi connectivity index (χ1v) is 8.15. The Bertz CT molecular complexity index is 963. The zero-order valence-corrected chi connectivity index (χ0v) is 14.6. The summed E-state index contributed by atoms with van der Waals surface area (Å²) in [5.74, 6) is -1.27. The van der Waals surface area contributed by atoms with Gasteiger partial charge in [0.1, 0.15) is 5.56 Å². The van der Waals surface area contributed by atoms with Crippen LogP contribution in [0.5, 0.6) is 0 Å². The first kappa shape index (κ1) is 16.5. The number of benzene rings is 2. The fourth-order valence-electron chi connectivity index (χ4n) is 2.41. The van der Waals surface area contributed by atoms with Gasteiger partial charge in [-0.25, -0.2) is 4.79 Å². The summed E-state index contributed by atoms with van der Waals surface area (Å²) in [7, 11) is 0. The highest BCUT2D eigenvalue weighted by Crippen LogP contribution is 2.28. The molecule has 0 atom stereocenters. The Kier molecular flexibility index (Phi) is 4.55. The minimum Gasteiger partial charge on any atom is -0.477 e. The number of H-pyrrole nitrogens is 1. The zero-order chi connectivity index (χ0) is 17.3. The second-order valence-electron chi connectivity index (χ2n) is 5.12. The summed E-state index contributed by atoms with van der Waals surface area (Å²) >= 11 is 9.24. The lowest BCUT2D eigenvalue weighted by atomic mass is 9.98. The van der Waals surface area contributed by atoms with Gasteiger partial charge in [0.2, 0.25) is 0 Å². The third-order valence-corrected chi connectivity index (χ3v) is 4.34. The maximum absolute atomic E-state index is 12.3. The second-order valence-corrected chi connectivity index (χ2v) is 6.47. The number of rotatable bonds is 3. The van der Waals surface area contributed by atoms with Crippen LogP contribution in [0.3, 0.4) is 0 Å². The van der Waals surface area contributed by atoms with Crippen molar-refractivity contribution in [1.82, 2.24) is 4.98 Å². The topological polar surface area (TPSA) is 70.2 Å². The summed E-state index contributed by atoms with van der Waals surface area (Å²) in [5.41, 5.74) is 1.35. The predicted octanol–water partition coefficient (Wildman–Crippen LogP) is 4.82. The molecule has 6 heteroatoms. The van der Waals surface area contributed by atoms with Crippen molar-refractivity contribution in [3.8, 4) is 22.4 Å². The van der Waals surface area contributed by atoms with Gasteiger partial charge in [0.15, 0.2) is 0 Å². The van der Waals surface area contributed by atoms with Crippen molar-refractivity contribution < 1.29 is 9.90 Å². The van der Waals surface area contributed by atoms with E-state index in [2.05, 4.69) is 20.9 Å². The van der Waals surface area contributed by atoms with E-state index < -0.39 is 11.5 Å². The van der Waals surface area contributed by atoms with E-state index in [0.29, 0.717) is 21.8 Å². The highest BCUT2D eigenvalue weighted by atomic mass is 79.9. The molecule has 1 aromatic heterocycles. The highest BCUT2D eigenvalue weighted by molar-refractivity contribution is 9.10. The fourth-order valence-corrected chi connectivity index (χ4v) is 2.80. The lowest BCUT2D eigenvalue weighted by Crippen LogP contribution is -2.19. The van der Waals surface area contributed by atoms with E-state index in [4.69, 9.17) is 11.6 Å². The van der Waals surface area contributed by atoms with Crippen LogP contribution in [0.4, 0.5) is 0 Å². The molecular weight excluding hydrogens is 394 g/mol. The Morgan fingerprint density at radius 3 is 2.17 bits per heavy atom. The highest BCUT2D eigenvalue weighted by Gasteiger charge is 2.18. The summed E-state index contributed by atoms with van der Waals surface area (Å²) in [4.78, 5) is 26.5. The number of pyridine rings is 1. The van der Waals surface area contributed by atoms with Crippen molar-refractivity contribution >= 4 is 33.5 Å². The Morgan fingerprint density at radius 1 is 1.00 bits per heavy atom. The number of aromatic nitrogens is 1. The average Bonchev–Trinajstić information content (AvgIpc) is 2.55. The molecule has 0 aliphatic carbocycles. The molecule has 0 unspecified atom stereocenters. The molecule has 0 spiro atoms. The van der Waals surface area contributed by atoms with Gasteiger partial charge in [0, 0.05) is 20.8 Å². The van der Waals surface area contributed by atoms with Crippen molar-refractivity contribution in [1.29, 1.82) is 0 Å². The number of carboxylic acid groups (broad SMARTS) is 1. The van der Waals surface area contributed by atoms with Gasteiger partial charge < -0.3 is 10.1 Å². The van der Waals surface area contributed by atoms with Crippen molar-refractivity contribution in [2.45, 2.75) is 0 Å². The number of nitrogens with one attached hydrogen (secondary N) is 1. The minimum absolute atomic E-state index is 0.293. The second kappa shape index (κ2) is 6.63. The Morgan fingerprint density at radius 2 is 1.58 bits per heavy atom. The molecule has 0 radical (unpaired) electrons. The first-order chi connectivity index (χ1) is 11.5. The summed E-state index contributed by atoms with van der Waals surface area (Å²) in [6.07, 6.45) is 0. The molecule has 2 aromatic carbocycles.